The predicted molar refractivity (Wildman–Crippen MR) is 493 cm³/mol. The lowest BCUT2D eigenvalue weighted by Gasteiger charge is -2.19. The van der Waals surface area contributed by atoms with Gasteiger partial charge in [-0.15, -0.1) is 0 Å². The molecule has 0 bridgehead atoms. The van der Waals surface area contributed by atoms with Gasteiger partial charge in [-0.05, 0) is 184 Å². The van der Waals surface area contributed by atoms with Crippen molar-refractivity contribution in [1.82, 2.24) is 60.5 Å². The molecule has 131 heavy (non-hydrogen) atoms. The Morgan fingerprint density at radius 2 is 0.603 bits per heavy atom. The second-order valence-corrected chi connectivity index (χ2v) is 32.6. The molecule has 0 aliphatic rings. The van der Waals surface area contributed by atoms with Crippen molar-refractivity contribution in [2.75, 3.05) is 33.5 Å². The molecule has 6 aromatic heterocycles. The minimum atomic E-state index is -1.04. The van der Waals surface area contributed by atoms with Crippen LogP contribution in [0.15, 0.2) is 243 Å². The van der Waals surface area contributed by atoms with Gasteiger partial charge < -0.3 is 58.7 Å². The first-order chi connectivity index (χ1) is 62.9. The van der Waals surface area contributed by atoms with E-state index in [1.165, 1.54) is 19.2 Å². The first-order valence-electron chi connectivity index (χ1n) is 42.4. The number of carboxylic acids is 2. The second kappa shape index (κ2) is 46.2. The van der Waals surface area contributed by atoms with Crippen molar-refractivity contribution >= 4 is 91.8 Å². The van der Waals surface area contributed by atoms with Crippen molar-refractivity contribution < 1.29 is 86.5 Å². The zero-order valence-electron chi connectivity index (χ0n) is 74.4. The Balaban J connectivity index is 0.000000169. The average Bonchev–Trinajstić information content (AvgIpc) is 0.797. The largest absolute Gasteiger partial charge is 0.481 e. The summed E-state index contributed by atoms with van der Waals surface area (Å²) in [6.45, 7) is 18.2. The van der Waals surface area contributed by atoms with Gasteiger partial charge in [0.05, 0.1) is 88.8 Å². The Labute approximate surface area is 757 Å². The number of nitrogens with zero attached hydrogens (tertiary/aromatic N) is 10. The van der Waals surface area contributed by atoms with Crippen LogP contribution in [0.4, 0.5) is 0 Å². The maximum absolute atomic E-state index is 12.8. The Hall–Kier alpha value is -15.6. The normalized spacial score (nSPS) is 11.1. The van der Waals surface area contributed by atoms with Crippen LogP contribution in [0.5, 0.6) is 23.5 Å². The van der Waals surface area contributed by atoms with Crippen molar-refractivity contribution in [3.8, 4) is 68.5 Å². The Morgan fingerprint density at radius 3 is 0.878 bits per heavy atom. The third-order valence-corrected chi connectivity index (χ3v) is 18.6. The number of methoxy groups -OCH3 is 1. The summed E-state index contributed by atoms with van der Waals surface area (Å²) in [6.07, 6.45) is 9.24. The van der Waals surface area contributed by atoms with E-state index in [4.69, 9.17) is 62.9 Å². The van der Waals surface area contributed by atoms with Crippen molar-refractivity contribution in [1.29, 1.82) is 0 Å². The molecule has 0 spiro atoms. The van der Waals surface area contributed by atoms with Crippen LogP contribution in [0.2, 0.25) is 0 Å². The number of aromatic carboxylic acids is 1. The van der Waals surface area contributed by atoms with Gasteiger partial charge >= 0.3 is 35.8 Å². The van der Waals surface area contributed by atoms with E-state index in [1.54, 1.807) is 85.5 Å². The van der Waals surface area contributed by atoms with Crippen LogP contribution in [0.1, 0.15) is 166 Å². The molecule has 0 unspecified atom stereocenters. The molecule has 4 N–H and O–H groups in total. The quantitative estimate of drug-likeness (QED) is 0.0173. The number of amides is 2. The Morgan fingerprint density at radius 1 is 0.321 bits per heavy atom. The predicted octanol–water partition coefficient (Wildman–Crippen LogP) is 18.1. The van der Waals surface area contributed by atoms with Gasteiger partial charge in [-0.2, -0.15) is 0 Å². The zero-order valence-corrected chi connectivity index (χ0v) is 74.4. The van der Waals surface area contributed by atoms with Gasteiger partial charge in [0, 0.05) is 96.9 Å². The molecule has 0 atom stereocenters. The van der Waals surface area contributed by atoms with E-state index in [-0.39, 0.29) is 87.4 Å². The number of pyridine rings is 2. The molecule has 0 aliphatic carbocycles. The maximum atomic E-state index is 12.8. The van der Waals surface area contributed by atoms with Gasteiger partial charge in [0.2, 0.25) is 23.5 Å². The fraction of sp³-hybridized carbons (Fsp3) is 0.267. The molecule has 0 saturated carbocycles. The number of hydrogen-bond acceptors (Lipinski definition) is 26. The summed E-state index contributed by atoms with van der Waals surface area (Å²) in [4.78, 5) is 140. The minimum absolute atomic E-state index is 0.00291. The standard InChI is InChI=1S/C29H30N4O4.C25H22N4O4.C24H26N2O5.C23H24N2O5/c1-29(2,3)37-25(34)12-8-16-36-28-26(21-10-5-4-6-11-21)32-23-14-13-22(17-24(23)33-28)27(35)31-19-20-9-7-15-30-18-20;30-22(31)9-5-13-33-25-23(18-7-2-1-3-8-18)28-20-11-10-19(14-21(20)29-25)24(32)27-16-17-6-4-12-26-15-17;1-24(2,3)31-20(27)11-8-14-30-22-21(16-9-6-5-7-10-16)25-18-13-12-17(23(28)29-4)15-19(18)26-22;1-23(2,3)30-19(26)10-7-13-29-21-20(15-8-5-4-6-9-15)24-17-12-11-16(22(27)28)14-18(17)25-21/h4-7,9-11,13-15,17-18H,8,12,16,19H2,1-3H3,(H,31,35);1-4,6-8,10-12,14-15H,5,9,13,16H2,(H,27,32)(H,30,31);5-7,9-10,12-13,15H,8,11,14H2,1-4H3;4-6,8-9,11-12,14H,7,10,13H2,1-3H3,(H,27,28). The van der Waals surface area contributed by atoms with Crippen LogP contribution in [-0.2, 0) is 51.2 Å². The van der Waals surface area contributed by atoms with Gasteiger partial charge in [0.1, 0.15) is 39.6 Å². The number of hydrogen-bond donors (Lipinski definition) is 4. The number of fused-ring (bicyclic) bond motifs is 4. The highest BCUT2D eigenvalue weighted by Crippen LogP contribution is 2.35. The lowest BCUT2D eigenvalue weighted by atomic mass is 10.1. The molecule has 0 aliphatic heterocycles. The third kappa shape index (κ3) is 30.0. The SMILES string of the molecule is CC(C)(C)OC(=O)CCCOc1nc2cc(C(=O)NCc3cccnc3)ccc2nc1-c1ccccc1.CC(C)(C)OC(=O)CCCOc1nc2cc(C(=O)O)ccc2nc1-c1ccccc1.COC(=O)c1ccc2nc(-c3ccccc3)c(OCCCC(=O)OC(C)(C)C)nc2c1.O=C(O)CCCOc1nc2cc(C(=O)NCc3cccnc3)ccc2nc1-c1ccccc1. The molecule has 6 heterocycles. The number of carbonyl (C=O) groups is 8. The Bertz CT molecular complexity index is 6290. The summed E-state index contributed by atoms with van der Waals surface area (Å²) in [5, 5.41) is 23.9. The summed E-state index contributed by atoms with van der Waals surface area (Å²) in [6, 6.07) is 65.5. The van der Waals surface area contributed by atoms with Crippen LogP contribution < -0.4 is 29.6 Å². The van der Waals surface area contributed by atoms with E-state index in [2.05, 4.69) is 40.5 Å². The van der Waals surface area contributed by atoms with Gasteiger partial charge in [-0.3, -0.25) is 38.7 Å². The highest BCUT2D eigenvalue weighted by atomic mass is 16.6. The van der Waals surface area contributed by atoms with Crippen LogP contribution in [-0.4, -0.2) is 158 Å². The molecule has 8 aromatic carbocycles. The Kier molecular flexibility index (Phi) is 33.9. The molecule has 674 valence electrons. The number of carbonyl (C=O) groups excluding carboxylic acids is 6. The number of rotatable bonds is 32. The summed E-state index contributed by atoms with van der Waals surface area (Å²) in [5.41, 5.74) is 11.8. The molecule has 2 amide bonds. The number of aromatic nitrogens is 10. The summed E-state index contributed by atoms with van der Waals surface area (Å²) in [7, 11) is 1.33. The van der Waals surface area contributed by atoms with Gasteiger partial charge in [0.15, 0.2) is 0 Å². The van der Waals surface area contributed by atoms with Crippen LogP contribution in [0.3, 0.4) is 0 Å². The average molecular weight is 1770 g/mol. The molecular formula is C101H102N12O18. The molecule has 14 rings (SSSR count). The van der Waals surface area contributed by atoms with Crippen LogP contribution in [0, 0.1) is 0 Å². The lowest BCUT2D eigenvalue weighted by molar-refractivity contribution is -0.156. The monoisotopic (exact) mass is 1770 g/mol. The van der Waals surface area contributed by atoms with E-state index in [9.17, 15) is 43.5 Å². The number of esters is 4. The third-order valence-electron chi connectivity index (χ3n) is 18.6. The topological polar surface area (TPSA) is 404 Å². The second-order valence-electron chi connectivity index (χ2n) is 32.6. The van der Waals surface area contributed by atoms with Gasteiger partial charge in [-0.1, -0.05) is 133 Å². The van der Waals surface area contributed by atoms with E-state index < -0.39 is 34.7 Å². The number of ether oxygens (including phenoxy) is 8. The molecule has 30 nitrogen and oxygen atoms in total. The van der Waals surface area contributed by atoms with E-state index in [0.717, 1.165) is 33.4 Å². The minimum Gasteiger partial charge on any atom is -0.481 e. The van der Waals surface area contributed by atoms with Crippen molar-refractivity contribution in [3.05, 3.63) is 277 Å². The van der Waals surface area contributed by atoms with E-state index in [0.29, 0.717) is 146 Å². The first kappa shape index (κ1) is 96.0. The highest BCUT2D eigenvalue weighted by molar-refractivity contribution is 5.99. The molecule has 0 saturated heterocycles. The van der Waals surface area contributed by atoms with Crippen molar-refractivity contribution in [2.45, 2.75) is 144 Å². The fourth-order valence-corrected chi connectivity index (χ4v) is 12.7. The summed E-state index contributed by atoms with van der Waals surface area (Å²) < 4.78 is 44.3. The lowest BCUT2D eigenvalue weighted by Crippen LogP contribution is -2.24. The smallest absolute Gasteiger partial charge is 0.337 e. The molecular weight excluding hydrogens is 1670 g/mol. The number of aliphatic carboxylic acids is 1. The van der Waals surface area contributed by atoms with Crippen molar-refractivity contribution in [3.63, 3.8) is 0 Å². The first-order valence-corrected chi connectivity index (χ1v) is 42.4. The zero-order chi connectivity index (χ0) is 93.5. The highest BCUT2D eigenvalue weighted by Gasteiger charge is 2.24. The summed E-state index contributed by atoms with van der Waals surface area (Å²) in [5.74, 6) is -2.39. The van der Waals surface area contributed by atoms with E-state index >= 15 is 0 Å². The van der Waals surface area contributed by atoms with Crippen LogP contribution >= 0.6 is 0 Å². The number of nitrogens with one attached hydrogen (secondary N) is 2. The fourth-order valence-electron chi connectivity index (χ4n) is 12.7. The molecule has 30 heteroatoms. The maximum Gasteiger partial charge on any atom is 0.337 e. The van der Waals surface area contributed by atoms with E-state index in [1.807, 2.05) is 208 Å². The molecule has 0 radical (unpaired) electrons. The molecule has 0 fully saturated rings. The summed E-state index contributed by atoms with van der Waals surface area (Å²) >= 11 is 0. The van der Waals surface area contributed by atoms with Crippen molar-refractivity contribution in [2.24, 2.45) is 0 Å². The van der Waals surface area contributed by atoms with Crippen LogP contribution in [0.25, 0.3) is 89.2 Å². The van der Waals surface area contributed by atoms with Gasteiger partial charge in [0.25, 0.3) is 11.8 Å². The number of carboxylic acid groups (broad SMARTS) is 2. The van der Waals surface area contributed by atoms with Gasteiger partial charge in [-0.25, -0.2) is 49.5 Å². The molecule has 14 aromatic rings. The number of benzene rings is 8.